The Bertz CT molecular complexity index is 756. The van der Waals surface area contributed by atoms with Gasteiger partial charge in [0.2, 0.25) is 5.91 Å². The number of halogens is 1. The summed E-state index contributed by atoms with van der Waals surface area (Å²) in [6.07, 6.45) is 2.76. The van der Waals surface area contributed by atoms with Crippen LogP contribution in [0.1, 0.15) is 56.9 Å². The van der Waals surface area contributed by atoms with E-state index < -0.39 is 0 Å². The fourth-order valence-electron chi connectivity index (χ4n) is 3.42. The number of hydrogen-bond donors (Lipinski definition) is 0. The van der Waals surface area contributed by atoms with Crippen molar-refractivity contribution in [1.29, 1.82) is 0 Å². The van der Waals surface area contributed by atoms with Gasteiger partial charge in [-0.25, -0.2) is 9.67 Å². The second kappa shape index (κ2) is 7.56. The number of carbonyl (C=O) groups is 1. The average Bonchev–Trinajstić information content (AvgIpc) is 3.15. The highest BCUT2D eigenvalue weighted by Crippen LogP contribution is 2.31. The number of hydrogen-bond acceptors (Lipinski definition) is 3. The van der Waals surface area contributed by atoms with E-state index >= 15 is 0 Å². The van der Waals surface area contributed by atoms with Gasteiger partial charge in [0.25, 0.3) is 0 Å². The molecule has 2 heterocycles. The maximum Gasteiger partial charge on any atom is 0.220 e. The number of benzene rings is 1. The van der Waals surface area contributed by atoms with E-state index in [4.69, 9.17) is 21.7 Å². The monoisotopic (exact) mass is 360 g/mol. The summed E-state index contributed by atoms with van der Waals surface area (Å²) >= 11 is 6.33. The van der Waals surface area contributed by atoms with E-state index in [-0.39, 0.29) is 11.9 Å². The Hall–Kier alpha value is -1.88. The van der Waals surface area contributed by atoms with Gasteiger partial charge in [-0.15, -0.1) is 0 Å². The van der Waals surface area contributed by atoms with Crippen molar-refractivity contribution in [3.05, 3.63) is 46.5 Å². The normalized spacial score (nSPS) is 17.5. The molecular formula is C19H25ClN4O. The number of rotatable bonds is 5. The molecule has 1 amide bonds. The zero-order valence-corrected chi connectivity index (χ0v) is 15.8. The van der Waals surface area contributed by atoms with Gasteiger partial charge < -0.3 is 4.90 Å². The summed E-state index contributed by atoms with van der Waals surface area (Å²) in [5.74, 6) is 2.30. The van der Waals surface area contributed by atoms with Crippen molar-refractivity contribution in [3.8, 4) is 0 Å². The second-order valence-corrected chi connectivity index (χ2v) is 7.51. The molecular weight excluding hydrogens is 336 g/mol. The minimum Gasteiger partial charge on any atom is -0.333 e. The zero-order chi connectivity index (χ0) is 18.0. The molecule has 5 nitrogen and oxygen atoms in total. The highest BCUT2D eigenvalue weighted by Gasteiger charge is 2.32. The van der Waals surface area contributed by atoms with E-state index in [1.807, 2.05) is 33.8 Å². The predicted octanol–water partition coefficient (Wildman–Crippen LogP) is 3.86. The number of aromatic nitrogens is 3. The Balaban J connectivity index is 1.96. The van der Waals surface area contributed by atoms with Gasteiger partial charge in [-0.1, -0.05) is 43.6 Å². The smallest absolute Gasteiger partial charge is 0.220 e. The van der Waals surface area contributed by atoms with Crippen LogP contribution < -0.4 is 0 Å². The molecule has 0 saturated carbocycles. The van der Waals surface area contributed by atoms with E-state index in [1.165, 1.54) is 0 Å². The Labute approximate surface area is 154 Å². The molecule has 2 aromatic rings. The zero-order valence-electron chi connectivity index (χ0n) is 15.1. The molecule has 3 rings (SSSR count). The molecule has 0 bridgehead atoms. The van der Waals surface area contributed by atoms with Crippen LogP contribution in [0.4, 0.5) is 0 Å². The fourth-order valence-corrected chi connectivity index (χ4v) is 3.61. The molecule has 6 heteroatoms. The van der Waals surface area contributed by atoms with Gasteiger partial charge in [-0.05, 0) is 30.4 Å². The van der Waals surface area contributed by atoms with Crippen LogP contribution in [-0.2, 0) is 17.8 Å². The van der Waals surface area contributed by atoms with Crippen LogP contribution in [0, 0.1) is 5.92 Å². The second-order valence-electron chi connectivity index (χ2n) is 7.10. The SMILES string of the molecule is CC(=O)N1CCCC1c1nc(CC(C)C)nn1Cc1ccccc1Cl. The first-order chi connectivity index (χ1) is 12.0. The van der Waals surface area contributed by atoms with Crippen molar-refractivity contribution in [2.24, 2.45) is 5.92 Å². The summed E-state index contributed by atoms with van der Waals surface area (Å²) in [5.41, 5.74) is 1.01. The summed E-state index contributed by atoms with van der Waals surface area (Å²) < 4.78 is 1.94. The number of nitrogens with zero attached hydrogens (tertiary/aromatic N) is 4. The third-order valence-electron chi connectivity index (χ3n) is 4.57. The lowest BCUT2D eigenvalue weighted by molar-refractivity contribution is -0.129. The topological polar surface area (TPSA) is 51.0 Å². The first-order valence-electron chi connectivity index (χ1n) is 8.90. The Kier molecular flexibility index (Phi) is 5.42. The Morgan fingerprint density at radius 3 is 2.80 bits per heavy atom. The number of amides is 1. The van der Waals surface area contributed by atoms with Crippen LogP contribution in [0.15, 0.2) is 24.3 Å². The van der Waals surface area contributed by atoms with E-state index in [1.54, 1.807) is 6.92 Å². The van der Waals surface area contributed by atoms with Crippen LogP contribution in [0.25, 0.3) is 0 Å². The molecule has 1 atom stereocenters. The fraction of sp³-hybridized carbons (Fsp3) is 0.526. The Morgan fingerprint density at radius 1 is 1.36 bits per heavy atom. The van der Waals surface area contributed by atoms with E-state index in [2.05, 4.69) is 13.8 Å². The van der Waals surface area contributed by atoms with Crippen molar-refractivity contribution in [2.75, 3.05) is 6.54 Å². The summed E-state index contributed by atoms with van der Waals surface area (Å²) in [5, 5.41) is 5.46. The van der Waals surface area contributed by atoms with E-state index in [0.717, 1.165) is 48.0 Å². The molecule has 1 aliphatic heterocycles. The summed E-state index contributed by atoms with van der Waals surface area (Å²) in [7, 11) is 0. The van der Waals surface area contributed by atoms with Crippen molar-refractivity contribution in [3.63, 3.8) is 0 Å². The molecule has 134 valence electrons. The molecule has 0 spiro atoms. The summed E-state index contributed by atoms with van der Waals surface area (Å²) in [4.78, 5) is 18.7. The lowest BCUT2D eigenvalue weighted by Crippen LogP contribution is -2.30. The molecule has 1 aliphatic rings. The molecule has 1 aromatic heterocycles. The van der Waals surface area contributed by atoms with Crippen LogP contribution in [-0.4, -0.2) is 32.1 Å². The maximum absolute atomic E-state index is 12.0. The third kappa shape index (κ3) is 4.03. The van der Waals surface area contributed by atoms with Crippen molar-refractivity contribution < 1.29 is 4.79 Å². The van der Waals surface area contributed by atoms with Crippen molar-refractivity contribution >= 4 is 17.5 Å². The average molecular weight is 361 g/mol. The highest BCUT2D eigenvalue weighted by molar-refractivity contribution is 6.31. The van der Waals surface area contributed by atoms with Gasteiger partial charge in [0.1, 0.15) is 5.82 Å². The first kappa shape index (κ1) is 17.9. The van der Waals surface area contributed by atoms with Gasteiger partial charge in [-0.2, -0.15) is 5.10 Å². The lowest BCUT2D eigenvalue weighted by atomic mass is 10.1. The van der Waals surface area contributed by atoms with Crippen molar-refractivity contribution in [2.45, 2.75) is 52.6 Å². The molecule has 1 aromatic carbocycles. The number of likely N-dealkylation sites (tertiary alicyclic amines) is 1. The molecule has 0 radical (unpaired) electrons. The van der Waals surface area contributed by atoms with Crippen molar-refractivity contribution in [1.82, 2.24) is 19.7 Å². The minimum absolute atomic E-state index is 0.00778. The van der Waals surface area contributed by atoms with Gasteiger partial charge in [0, 0.05) is 24.9 Å². The van der Waals surface area contributed by atoms with Crippen LogP contribution in [0.5, 0.6) is 0 Å². The Morgan fingerprint density at radius 2 is 2.12 bits per heavy atom. The quantitative estimate of drug-likeness (QED) is 0.813. The molecule has 1 fully saturated rings. The van der Waals surface area contributed by atoms with Crippen LogP contribution in [0.3, 0.4) is 0 Å². The third-order valence-corrected chi connectivity index (χ3v) is 4.94. The van der Waals surface area contributed by atoms with Gasteiger partial charge in [0.05, 0.1) is 12.6 Å². The lowest BCUT2D eigenvalue weighted by Gasteiger charge is -2.23. The van der Waals surface area contributed by atoms with Crippen LogP contribution >= 0.6 is 11.6 Å². The molecule has 1 saturated heterocycles. The standard InChI is InChI=1S/C19H25ClN4O/c1-13(2)11-18-21-19(17-9-6-10-23(17)14(3)25)24(22-18)12-15-7-4-5-8-16(15)20/h4-5,7-8,13,17H,6,9-12H2,1-3H3. The minimum atomic E-state index is 0.00778. The summed E-state index contributed by atoms with van der Waals surface area (Å²) in [6, 6.07) is 7.80. The number of carbonyl (C=O) groups excluding carboxylic acids is 1. The predicted molar refractivity (Wildman–Crippen MR) is 98.5 cm³/mol. The highest BCUT2D eigenvalue weighted by atomic mass is 35.5. The molecule has 1 unspecified atom stereocenters. The van der Waals surface area contributed by atoms with Gasteiger partial charge >= 0.3 is 0 Å². The molecule has 25 heavy (non-hydrogen) atoms. The van der Waals surface area contributed by atoms with Crippen LogP contribution in [0.2, 0.25) is 5.02 Å². The summed E-state index contributed by atoms with van der Waals surface area (Å²) in [6.45, 7) is 7.31. The van der Waals surface area contributed by atoms with Gasteiger partial charge in [0.15, 0.2) is 5.82 Å². The maximum atomic E-state index is 12.0. The van der Waals surface area contributed by atoms with E-state index in [0.29, 0.717) is 12.5 Å². The largest absolute Gasteiger partial charge is 0.333 e. The molecule has 0 aliphatic carbocycles. The van der Waals surface area contributed by atoms with Gasteiger partial charge in [-0.3, -0.25) is 4.79 Å². The first-order valence-corrected chi connectivity index (χ1v) is 9.27. The van der Waals surface area contributed by atoms with E-state index in [9.17, 15) is 4.79 Å². The molecule has 0 N–H and O–H groups in total.